The minimum absolute atomic E-state index is 0.254. The van der Waals surface area contributed by atoms with Gasteiger partial charge in [0.1, 0.15) is 5.02 Å². The van der Waals surface area contributed by atoms with Gasteiger partial charge in [0.05, 0.1) is 18.1 Å². The third-order valence-electron chi connectivity index (χ3n) is 3.90. The summed E-state index contributed by atoms with van der Waals surface area (Å²) in [6.07, 6.45) is 2.67. The second kappa shape index (κ2) is 6.96. The molecular formula is C15H19ClN2O4. The molecule has 1 amide bonds. The topological polar surface area (TPSA) is 79.7 Å². The number of hydrogen-bond acceptors (Lipinski definition) is 4. The van der Waals surface area contributed by atoms with Crippen LogP contribution in [0.25, 0.3) is 0 Å². The number of aliphatic carboxylic acids is 1. The minimum Gasteiger partial charge on any atom is -0.481 e. The first kappa shape index (κ1) is 16.5. The van der Waals surface area contributed by atoms with Gasteiger partial charge in [-0.15, -0.1) is 0 Å². The SMILES string of the molecule is CCOc1ncc(C(=O)N2CCC[C@H](C(=O)O)[C@@H]2C)cc1Cl. The van der Waals surface area contributed by atoms with E-state index < -0.39 is 11.9 Å². The molecule has 1 aliphatic rings. The molecule has 1 fully saturated rings. The Morgan fingerprint density at radius 1 is 1.55 bits per heavy atom. The van der Waals surface area contributed by atoms with Crippen LogP contribution < -0.4 is 4.74 Å². The molecule has 120 valence electrons. The molecule has 0 unspecified atom stereocenters. The number of pyridine rings is 1. The van der Waals surface area contributed by atoms with Crippen LogP contribution in [-0.2, 0) is 4.79 Å². The maximum atomic E-state index is 12.6. The standard InChI is InChI=1S/C15H19ClN2O4/c1-3-22-13-12(16)7-10(8-17-13)14(19)18-6-4-5-11(9(18)2)15(20)21/h7-9,11H,3-6H2,1-2H3,(H,20,21)/t9-,11-/m0/s1. The number of aromatic nitrogens is 1. The van der Waals surface area contributed by atoms with Gasteiger partial charge in [-0.3, -0.25) is 9.59 Å². The largest absolute Gasteiger partial charge is 0.481 e. The summed E-state index contributed by atoms with van der Waals surface area (Å²) < 4.78 is 5.24. The molecule has 0 aromatic carbocycles. The molecule has 2 rings (SSSR count). The summed E-state index contributed by atoms with van der Waals surface area (Å²) in [6.45, 7) is 4.55. The van der Waals surface area contributed by atoms with E-state index in [2.05, 4.69) is 4.98 Å². The Labute approximate surface area is 134 Å². The fourth-order valence-electron chi connectivity index (χ4n) is 2.71. The highest BCUT2D eigenvalue weighted by atomic mass is 35.5. The molecule has 1 aliphatic heterocycles. The molecule has 0 bridgehead atoms. The van der Waals surface area contributed by atoms with Crippen LogP contribution in [0.4, 0.5) is 0 Å². The lowest BCUT2D eigenvalue weighted by Crippen LogP contribution is -2.49. The second-order valence-corrected chi connectivity index (χ2v) is 5.68. The predicted molar refractivity (Wildman–Crippen MR) is 81.3 cm³/mol. The number of hydrogen-bond donors (Lipinski definition) is 1. The smallest absolute Gasteiger partial charge is 0.308 e. The number of rotatable bonds is 4. The van der Waals surface area contributed by atoms with Crippen molar-refractivity contribution in [3.63, 3.8) is 0 Å². The van der Waals surface area contributed by atoms with Gasteiger partial charge in [-0.1, -0.05) is 11.6 Å². The first-order valence-corrected chi connectivity index (χ1v) is 7.65. The lowest BCUT2D eigenvalue weighted by atomic mass is 9.90. The normalized spacial score (nSPS) is 21.5. The van der Waals surface area contributed by atoms with Crippen molar-refractivity contribution in [2.75, 3.05) is 13.2 Å². The number of likely N-dealkylation sites (tertiary alicyclic amines) is 1. The number of carboxylic acids is 1. The summed E-state index contributed by atoms with van der Waals surface area (Å²) >= 11 is 6.05. The minimum atomic E-state index is -0.868. The number of carbonyl (C=O) groups is 2. The Morgan fingerprint density at radius 3 is 2.86 bits per heavy atom. The number of nitrogens with zero attached hydrogens (tertiary/aromatic N) is 2. The van der Waals surface area contributed by atoms with Gasteiger partial charge in [0.2, 0.25) is 5.88 Å². The van der Waals surface area contributed by atoms with Crippen LogP contribution in [0.5, 0.6) is 5.88 Å². The molecule has 7 heteroatoms. The summed E-state index contributed by atoms with van der Waals surface area (Å²) in [4.78, 5) is 29.5. The zero-order valence-electron chi connectivity index (χ0n) is 12.6. The quantitative estimate of drug-likeness (QED) is 0.919. The van der Waals surface area contributed by atoms with E-state index in [1.807, 2.05) is 6.92 Å². The molecule has 22 heavy (non-hydrogen) atoms. The van der Waals surface area contributed by atoms with Gasteiger partial charge in [-0.05, 0) is 32.8 Å². The number of ether oxygens (including phenoxy) is 1. The van der Waals surface area contributed by atoms with Crippen LogP contribution in [0.2, 0.25) is 5.02 Å². The molecule has 0 saturated carbocycles. The molecule has 1 aromatic heterocycles. The van der Waals surface area contributed by atoms with Crippen LogP contribution in [0.1, 0.15) is 37.0 Å². The van der Waals surface area contributed by atoms with Gasteiger partial charge in [0.15, 0.2) is 0 Å². The van der Waals surface area contributed by atoms with Crippen molar-refractivity contribution in [3.8, 4) is 5.88 Å². The Balaban J connectivity index is 2.20. The third-order valence-corrected chi connectivity index (χ3v) is 4.17. The van der Waals surface area contributed by atoms with Crippen molar-refractivity contribution >= 4 is 23.5 Å². The highest BCUT2D eigenvalue weighted by molar-refractivity contribution is 6.32. The fourth-order valence-corrected chi connectivity index (χ4v) is 2.93. The van der Waals surface area contributed by atoms with E-state index in [1.165, 1.54) is 12.3 Å². The van der Waals surface area contributed by atoms with Gasteiger partial charge < -0.3 is 14.7 Å². The lowest BCUT2D eigenvalue weighted by Gasteiger charge is -2.37. The van der Waals surface area contributed by atoms with Crippen LogP contribution in [-0.4, -0.2) is 46.1 Å². The molecular weight excluding hydrogens is 308 g/mol. The van der Waals surface area contributed by atoms with Gasteiger partial charge >= 0.3 is 5.97 Å². The molecule has 2 heterocycles. The Morgan fingerprint density at radius 2 is 2.27 bits per heavy atom. The molecule has 1 aromatic rings. The first-order chi connectivity index (χ1) is 10.5. The summed E-state index contributed by atoms with van der Waals surface area (Å²) in [6, 6.07) is 1.16. The summed E-state index contributed by atoms with van der Waals surface area (Å²) in [5, 5.41) is 9.50. The molecule has 0 spiro atoms. The van der Waals surface area contributed by atoms with Crippen LogP contribution in [0, 0.1) is 5.92 Å². The van der Waals surface area contributed by atoms with Gasteiger partial charge in [-0.25, -0.2) is 4.98 Å². The molecule has 1 saturated heterocycles. The van der Waals surface area contributed by atoms with E-state index in [0.717, 1.165) is 0 Å². The lowest BCUT2D eigenvalue weighted by molar-refractivity contribution is -0.144. The van der Waals surface area contributed by atoms with Crippen LogP contribution in [0.3, 0.4) is 0 Å². The first-order valence-electron chi connectivity index (χ1n) is 7.27. The Bertz CT molecular complexity index is 579. The summed E-state index contributed by atoms with van der Waals surface area (Å²) in [5.74, 6) is -1.37. The zero-order valence-corrected chi connectivity index (χ0v) is 13.3. The van der Waals surface area contributed by atoms with Crippen LogP contribution >= 0.6 is 11.6 Å². The highest BCUT2D eigenvalue weighted by Crippen LogP contribution is 2.27. The van der Waals surface area contributed by atoms with Crippen molar-refractivity contribution in [2.45, 2.75) is 32.7 Å². The number of halogens is 1. The van der Waals surface area contributed by atoms with E-state index in [9.17, 15) is 14.7 Å². The molecule has 0 radical (unpaired) electrons. The fraction of sp³-hybridized carbons (Fsp3) is 0.533. The zero-order chi connectivity index (χ0) is 16.3. The molecule has 1 N–H and O–H groups in total. The highest BCUT2D eigenvalue weighted by Gasteiger charge is 2.35. The van der Waals surface area contributed by atoms with Gasteiger partial charge in [0.25, 0.3) is 5.91 Å². The predicted octanol–water partition coefficient (Wildman–Crippen LogP) is 2.46. The van der Waals surface area contributed by atoms with Crippen molar-refractivity contribution in [1.29, 1.82) is 0 Å². The van der Waals surface area contributed by atoms with Crippen molar-refractivity contribution < 1.29 is 19.4 Å². The Hall–Kier alpha value is -1.82. The van der Waals surface area contributed by atoms with E-state index in [-0.39, 0.29) is 22.9 Å². The number of carboxylic acid groups (broad SMARTS) is 1. The van der Waals surface area contributed by atoms with Crippen molar-refractivity contribution in [2.24, 2.45) is 5.92 Å². The van der Waals surface area contributed by atoms with Crippen molar-refractivity contribution in [3.05, 3.63) is 22.8 Å². The van der Waals surface area contributed by atoms with Gasteiger partial charge in [-0.2, -0.15) is 0 Å². The maximum absolute atomic E-state index is 12.6. The summed E-state index contributed by atoms with van der Waals surface area (Å²) in [7, 11) is 0. The van der Waals surface area contributed by atoms with E-state index in [0.29, 0.717) is 31.6 Å². The van der Waals surface area contributed by atoms with Crippen molar-refractivity contribution in [1.82, 2.24) is 9.88 Å². The number of piperidine rings is 1. The van der Waals surface area contributed by atoms with Gasteiger partial charge in [0, 0.05) is 18.8 Å². The maximum Gasteiger partial charge on any atom is 0.308 e. The molecule has 6 nitrogen and oxygen atoms in total. The summed E-state index contributed by atoms with van der Waals surface area (Å²) in [5.41, 5.74) is 0.339. The average molecular weight is 327 g/mol. The van der Waals surface area contributed by atoms with E-state index >= 15 is 0 Å². The number of carbonyl (C=O) groups excluding carboxylic acids is 1. The monoisotopic (exact) mass is 326 g/mol. The van der Waals surface area contributed by atoms with E-state index in [4.69, 9.17) is 16.3 Å². The van der Waals surface area contributed by atoms with Crippen LogP contribution in [0.15, 0.2) is 12.3 Å². The average Bonchev–Trinajstić information content (AvgIpc) is 2.48. The third kappa shape index (κ3) is 3.32. The number of amides is 1. The molecule has 0 aliphatic carbocycles. The van der Waals surface area contributed by atoms with E-state index in [1.54, 1.807) is 11.8 Å². The second-order valence-electron chi connectivity index (χ2n) is 5.27. The Kier molecular flexibility index (Phi) is 5.24. The molecule has 2 atom stereocenters.